The summed E-state index contributed by atoms with van der Waals surface area (Å²) < 4.78 is 13.5. The molecule has 1 N–H and O–H groups in total. The molecule has 0 fully saturated rings. The Labute approximate surface area is 121 Å². The van der Waals surface area contributed by atoms with E-state index in [-0.39, 0.29) is 5.69 Å². The van der Waals surface area contributed by atoms with Crippen molar-refractivity contribution in [3.63, 3.8) is 0 Å². The SMILES string of the molecule is CN(C)c1ccc(C(=O)Nc2cc(Cl)ccc2F)cn1. The van der Waals surface area contributed by atoms with Gasteiger partial charge in [-0.1, -0.05) is 11.6 Å². The lowest BCUT2D eigenvalue weighted by Crippen LogP contribution is -2.15. The second kappa shape index (κ2) is 5.88. The van der Waals surface area contributed by atoms with E-state index in [1.54, 1.807) is 12.1 Å². The summed E-state index contributed by atoms with van der Waals surface area (Å²) in [7, 11) is 3.70. The summed E-state index contributed by atoms with van der Waals surface area (Å²) >= 11 is 5.77. The van der Waals surface area contributed by atoms with Gasteiger partial charge in [0.1, 0.15) is 11.6 Å². The molecule has 0 aliphatic carbocycles. The molecule has 0 atom stereocenters. The second-order valence-electron chi connectivity index (χ2n) is 4.38. The number of carbonyl (C=O) groups excluding carboxylic acids is 1. The predicted molar refractivity (Wildman–Crippen MR) is 77.9 cm³/mol. The third-order valence-corrected chi connectivity index (χ3v) is 2.88. The van der Waals surface area contributed by atoms with Gasteiger partial charge in [0.25, 0.3) is 5.91 Å². The number of benzene rings is 1. The first kappa shape index (κ1) is 14.3. The number of amides is 1. The number of anilines is 2. The number of rotatable bonds is 3. The lowest BCUT2D eigenvalue weighted by atomic mass is 10.2. The second-order valence-corrected chi connectivity index (χ2v) is 4.81. The van der Waals surface area contributed by atoms with Crippen LogP contribution in [0.3, 0.4) is 0 Å². The number of hydrogen-bond donors (Lipinski definition) is 1. The van der Waals surface area contributed by atoms with Gasteiger partial charge in [-0.2, -0.15) is 0 Å². The summed E-state index contributed by atoms with van der Waals surface area (Å²) in [6.45, 7) is 0. The van der Waals surface area contributed by atoms with Gasteiger partial charge in [0.2, 0.25) is 0 Å². The molecule has 1 heterocycles. The molecule has 1 amide bonds. The molecule has 0 aliphatic rings. The highest BCUT2D eigenvalue weighted by Crippen LogP contribution is 2.20. The van der Waals surface area contributed by atoms with Crippen molar-refractivity contribution in [2.45, 2.75) is 0 Å². The summed E-state index contributed by atoms with van der Waals surface area (Å²) in [6.07, 6.45) is 1.44. The van der Waals surface area contributed by atoms with Crippen LogP contribution >= 0.6 is 11.6 Å². The quantitative estimate of drug-likeness (QED) is 0.945. The van der Waals surface area contributed by atoms with E-state index in [1.165, 1.54) is 24.4 Å². The van der Waals surface area contributed by atoms with Gasteiger partial charge in [-0.3, -0.25) is 4.79 Å². The lowest BCUT2D eigenvalue weighted by molar-refractivity contribution is 0.102. The predicted octanol–water partition coefficient (Wildman–Crippen LogP) is 3.19. The van der Waals surface area contributed by atoms with Crippen LogP contribution in [-0.4, -0.2) is 25.0 Å². The van der Waals surface area contributed by atoms with E-state index in [9.17, 15) is 9.18 Å². The molecule has 0 spiro atoms. The minimum absolute atomic E-state index is 0.0409. The van der Waals surface area contributed by atoms with Crippen LogP contribution in [0, 0.1) is 5.82 Å². The molecular formula is C14H13ClFN3O. The Morgan fingerprint density at radius 3 is 2.65 bits per heavy atom. The summed E-state index contributed by atoms with van der Waals surface area (Å²) in [5.74, 6) is -0.250. The first-order valence-corrected chi connectivity index (χ1v) is 6.25. The number of nitrogens with zero attached hydrogens (tertiary/aromatic N) is 2. The molecule has 0 radical (unpaired) electrons. The average Bonchev–Trinajstić information content (AvgIpc) is 2.43. The standard InChI is InChI=1S/C14H13ClFN3O/c1-19(2)13-6-3-9(8-17-13)14(20)18-12-7-10(15)4-5-11(12)16/h3-8H,1-2H3,(H,18,20). The summed E-state index contributed by atoms with van der Waals surface area (Å²) in [5.41, 5.74) is 0.383. The molecule has 0 aliphatic heterocycles. The molecule has 6 heteroatoms. The van der Waals surface area contributed by atoms with E-state index < -0.39 is 11.7 Å². The Kier molecular flexibility index (Phi) is 4.20. The van der Waals surface area contributed by atoms with E-state index in [0.717, 1.165) is 5.82 Å². The number of halogens is 2. The van der Waals surface area contributed by atoms with Gasteiger partial charge >= 0.3 is 0 Å². The van der Waals surface area contributed by atoms with Gasteiger partial charge in [-0.15, -0.1) is 0 Å². The van der Waals surface area contributed by atoms with Crippen LogP contribution in [0.2, 0.25) is 5.02 Å². The summed E-state index contributed by atoms with van der Waals surface area (Å²) in [5, 5.41) is 2.81. The van der Waals surface area contributed by atoms with Crippen molar-refractivity contribution in [3.8, 4) is 0 Å². The topological polar surface area (TPSA) is 45.2 Å². The lowest BCUT2D eigenvalue weighted by Gasteiger charge is -2.11. The van der Waals surface area contributed by atoms with E-state index in [0.29, 0.717) is 10.6 Å². The fraction of sp³-hybridized carbons (Fsp3) is 0.143. The molecule has 0 saturated carbocycles. The van der Waals surface area contributed by atoms with Crippen LogP contribution in [0.25, 0.3) is 0 Å². The number of aromatic nitrogens is 1. The normalized spacial score (nSPS) is 10.2. The number of pyridine rings is 1. The third kappa shape index (κ3) is 3.24. The molecule has 2 rings (SSSR count). The highest BCUT2D eigenvalue weighted by molar-refractivity contribution is 6.31. The molecule has 4 nitrogen and oxygen atoms in total. The molecule has 0 bridgehead atoms. The van der Waals surface area contributed by atoms with Gasteiger partial charge in [0.15, 0.2) is 0 Å². The maximum atomic E-state index is 13.5. The van der Waals surface area contributed by atoms with E-state index >= 15 is 0 Å². The number of carbonyl (C=O) groups is 1. The molecule has 104 valence electrons. The highest BCUT2D eigenvalue weighted by Gasteiger charge is 2.10. The Balaban J connectivity index is 2.17. The Hall–Kier alpha value is -2.14. The Morgan fingerprint density at radius 2 is 2.05 bits per heavy atom. The maximum absolute atomic E-state index is 13.5. The van der Waals surface area contributed by atoms with Crippen molar-refractivity contribution >= 4 is 29.0 Å². The van der Waals surface area contributed by atoms with E-state index in [1.807, 2.05) is 19.0 Å². The number of hydrogen-bond acceptors (Lipinski definition) is 3. The first-order chi connectivity index (χ1) is 9.47. The van der Waals surface area contributed by atoms with Crippen molar-refractivity contribution in [2.24, 2.45) is 0 Å². The van der Waals surface area contributed by atoms with Gasteiger partial charge in [0.05, 0.1) is 11.3 Å². The molecule has 1 aromatic heterocycles. The molecule has 2 aromatic rings. The molecule has 0 saturated heterocycles. The third-order valence-electron chi connectivity index (χ3n) is 2.64. The van der Waals surface area contributed by atoms with Crippen molar-refractivity contribution < 1.29 is 9.18 Å². The fourth-order valence-electron chi connectivity index (χ4n) is 1.57. The average molecular weight is 294 g/mol. The van der Waals surface area contributed by atoms with Crippen LogP contribution < -0.4 is 10.2 Å². The van der Waals surface area contributed by atoms with Crippen molar-refractivity contribution in [3.05, 3.63) is 52.9 Å². The summed E-state index contributed by atoms with van der Waals surface area (Å²) in [6, 6.07) is 7.31. The first-order valence-electron chi connectivity index (χ1n) is 5.87. The van der Waals surface area contributed by atoms with Gasteiger partial charge in [-0.25, -0.2) is 9.37 Å². The van der Waals surface area contributed by atoms with Crippen LogP contribution in [0.15, 0.2) is 36.5 Å². The molecule has 1 aromatic carbocycles. The molecule has 0 unspecified atom stereocenters. The minimum Gasteiger partial charge on any atom is -0.363 e. The monoisotopic (exact) mass is 293 g/mol. The highest BCUT2D eigenvalue weighted by atomic mass is 35.5. The van der Waals surface area contributed by atoms with Crippen molar-refractivity contribution in [1.29, 1.82) is 0 Å². The van der Waals surface area contributed by atoms with Crippen LogP contribution in [0.4, 0.5) is 15.9 Å². The fourth-order valence-corrected chi connectivity index (χ4v) is 1.74. The van der Waals surface area contributed by atoms with E-state index in [2.05, 4.69) is 10.3 Å². The zero-order valence-corrected chi connectivity index (χ0v) is 11.8. The maximum Gasteiger partial charge on any atom is 0.257 e. The van der Waals surface area contributed by atoms with Crippen molar-refractivity contribution in [1.82, 2.24) is 4.98 Å². The van der Waals surface area contributed by atoms with Gasteiger partial charge in [0, 0.05) is 25.3 Å². The number of nitrogens with one attached hydrogen (secondary N) is 1. The van der Waals surface area contributed by atoms with Crippen LogP contribution in [-0.2, 0) is 0 Å². The largest absolute Gasteiger partial charge is 0.363 e. The molecular weight excluding hydrogens is 281 g/mol. The minimum atomic E-state index is -0.541. The zero-order valence-electron chi connectivity index (χ0n) is 11.0. The van der Waals surface area contributed by atoms with E-state index in [4.69, 9.17) is 11.6 Å². The Bertz CT molecular complexity index is 629. The Morgan fingerprint density at radius 1 is 1.30 bits per heavy atom. The van der Waals surface area contributed by atoms with Crippen molar-refractivity contribution in [2.75, 3.05) is 24.3 Å². The smallest absolute Gasteiger partial charge is 0.257 e. The van der Waals surface area contributed by atoms with Gasteiger partial charge < -0.3 is 10.2 Å². The van der Waals surface area contributed by atoms with Crippen LogP contribution in [0.1, 0.15) is 10.4 Å². The van der Waals surface area contributed by atoms with Gasteiger partial charge in [-0.05, 0) is 30.3 Å². The van der Waals surface area contributed by atoms with Crippen LogP contribution in [0.5, 0.6) is 0 Å². The zero-order chi connectivity index (χ0) is 14.7. The molecule has 20 heavy (non-hydrogen) atoms. The summed E-state index contributed by atoms with van der Waals surface area (Å²) in [4.78, 5) is 17.9.